The zero-order valence-corrected chi connectivity index (χ0v) is 11.8. The molecule has 1 atom stereocenters. The van der Waals surface area contributed by atoms with Crippen LogP contribution in [-0.4, -0.2) is 51.7 Å². The van der Waals surface area contributed by atoms with E-state index in [9.17, 15) is 9.00 Å². The largest absolute Gasteiger partial charge is 0.379 e. The van der Waals surface area contributed by atoms with Gasteiger partial charge >= 0.3 is 0 Å². The molecule has 7 nitrogen and oxygen atoms in total. The second kappa shape index (κ2) is 5.81. The van der Waals surface area contributed by atoms with E-state index in [0.717, 1.165) is 0 Å². The molecular formula is C11H17N3O4S. The van der Waals surface area contributed by atoms with Crippen LogP contribution in [0.3, 0.4) is 0 Å². The summed E-state index contributed by atoms with van der Waals surface area (Å²) in [6, 6.07) is 0. The van der Waals surface area contributed by atoms with Gasteiger partial charge in [0.25, 0.3) is 5.91 Å². The molecule has 0 saturated carbocycles. The van der Waals surface area contributed by atoms with Gasteiger partial charge in [-0.1, -0.05) is 0 Å². The fraction of sp³-hybridized carbons (Fsp3) is 0.636. The second-order valence-electron chi connectivity index (χ2n) is 4.29. The van der Waals surface area contributed by atoms with Gasteiger partial charge in [-0.25, -0.2) is 4.21 Å². The number of carbonyl (C=O) groups is 1. The minimum Gasteiger partial charge on any atom is -0.379 e. The minimum absolute atomic E-state index is 0.294. The SMILES string of the molecule is COC(C(=O)N=S1(=O)CCOCC1)c1cnn(C)c1. The Labute approximate surface area is 112 Å². The molecule has 1 saturated heterocycles. The van der Waals surface area contributed by atoms with Crippen molar-refractivity contribution in [1.29, 1.82) is 0 Å². The van der Waals surface area contributed by atoms with Crippen LogP contribution in [0.2, 0.25) is 0 Å². The maximum Gasteiger partial charge on any atom is 0.287 e. The average Bonchev–Trinajstić information content (AvgIpc) is 2.77. The van der Waals surface area contributed by atoms with E-state index >= 15 is 0 Å². The summed E-state index contributed by atoms with van der Waals surface area (Å²) in [6.45, 7) is 0.750. The van der Waals surface area contributed by atoms with Gasteiger partial charge in [0, 0.05) is 25.9 Å². The van der Waals surface area contributed by atoms with Gasteiger partial charge in [-0.05, 0) is 0 Å². The maximum atomic E-state index is 12.3. The van der Waals surface area contributed by atoms with Crippen molar-refractivity contribution < 1.29 is 18.5 Å². The lowest BCUT2D eigenvalue weighted by Gasteiger charge is -2.17. The van der Waals surface area contributed by atoms with Crippen LogP contribution in [0.5, 0.6) is 0 Å². The highest BCUT2D eigenvalue weighted by molar-refractivity contribution is 7.93. The number of aryl methyl sites for hydroxylation is 1. The lowest BCUT2D eigenvalue weighted by Crippen LogP contribution is -2.27. The number of amides is 1. The molecule has 0 spiro atoms. The molecule has 0 bridgehead atoms. The smallest absolute Gasteiger partial charge is 0.287 e. The molecule has 0 aliphatic carbocycles. The number of ether oxygens (including phenoxy) is 2. The lowest BCUT2D eigenvalue weighted by atomic mass is 10.2. The van der Waals surface area contributed by atoms with Crippen LogP contribution in [0.15, 0.2) is 16.8 Å². The lowest BCUT2D eigenvalue weighted by molar-refractivity contribution is -0.127. The molecule has 1 unspecified atom stereocenters. The number of hydrogen-bond acceptors (Lipinski definition) is 5. The third-order valence-electron chi connectivity index (χ3n) is 2.84. The van der Waals surface area contributed by atoms with Gasteiger partial charge in [0.1, 0.15) is 0 Å². The van der Waals surface area contributed by atoms with Crippen LogP contribution in [0, 0.1) is 0 Å². The molecule has 19 heavy (non-hydrogen) atoms. The van der Waals surface area contributed by atoms with E-state index in [1.54, 1.807) is 24.1 Å². The Morgan fingerprint density at radius 1 is 1.58 bits per heavy atom. The molecule has 106 valence electrons. The molecule has 1 aromatic heterocycles. The summed E-state index contributed by atoms with van der Waals surface area (Å²) in [5, 5.41) is 3.98. The Kier molecular flexibility index (Phi) is 4.33. The van der Waals surface area contributed by atoms with Gasteiger partial charge < -0.3 is 9.47 Å². The number of rotatable bonds is 3. The number of carbonyl (C=O) groups excluding carboxylic acids is 1. The Morgan fingerprint density at radius 2 is 2.26 bits per heavy atom. The van der Waals surface area contributed by atoms with Crippen LogP contribution < -0.4 is 0 Å². The normalized spacial score (nSPS) is 19.9. The summed E-state index contributed by atoms with van der Waals surface area (Å²) in [5.74, 6) is 0.0622. The van der Waals surface area contributed by atoms with Crippen LogP contribution in [0.1, 0.15) is 11.7 Å². The monoisotopic (exact) mass is 287 g/mol. The molecule has 1 aliphatic rings. The summed E-state index contributed by atoms with van der Waals surface area (Å²) in [6.07, 6.45) is 2.37. The fourth-order valence-electron chi connectivity index (χ4n) is 1.84. The molecule has 2 heterocycles. The number of nitrogens with zero attached hydrogens (tertiary/aromatic N) is 3. The first-order valence-electron chi connectivity index (χ1n) is 5.89. The van der Waals surface area contributed by atoms with E-state index in [1.807, 2.05) is 0 Å². The summed E-state index contributed by atoms with van der Waals surface area (Å²) in [5.41, 5.74) is 0.605. The Morgan fingerprint density at radius 3 is 2.79 bits per heavy atom. The number of hydrogen-bond donors (Lipinski definition) is 0. The first-order valence-corrected chi connectivity index (χ1v) is 7.75. The molecule has 0 N–H and O–H groups in total. The third kappa shape index (κ3) is 3.40. The average molecular weight is 287 g/mol. The summed E-state index contributed by atoms with van der Waals surface area (Å²) in [4.78, 5) is 12.1. The highest BCUT2D eigenvalue weighted by atomic mass is 32.2. The molecule has 0 aromatic carbocycles. The highest BCUT2D eigenvalue weighted by Gasteiger charge is 2.24. The molecule has 1 aliphatic heterocycles. The van der Waals surface area contributed by atoms with Crippen molar-refractivity contribution in [1.82, 2.24) is 9.78 Å². The highest BCUT2D eigenvalue weighted by Crippen LogP contribution is 2.19. The van der Waals surface area contributed by atoms with E-state index in [4.69, 9.17) is 9.47 Å². The predicted octanol–water partition coefficient (Wildman–Crippen LogP) is 0.132. The van der Waals surface area contributed by atoms with E-state index in [1.165, 1.54) is 7.11 Å². The van der Waals surface area contributed by atoms with Crippen molar-refractivity contribution in [2.75, 3.05) is 31.8 Å². The molecule has 8 heteroatoms. The summed E-state index contributed by atoms with van der Waals surface area (Å²) >= 11 is 0. The fourth-order valence-corrected chi connectivity index (χ4v) is 3.41. The molecule has 1 amide bonds. The zero-order chi connectivity index (χ0) is 13.9. The van der Waals surface area contributed by atoms with Gasteiger partial charge in [-0.15, -0.1) is 0 Å². The number of aromatic nitrogens is 2. The Bertz CT molecular complexity index is 562. The van der Waals surface area contributed by atoms with Gasteiger partial charge in [0.2, 0.25) is 0 Å². The number of methoxy groups -OCH3 is 1. The van der Waals surface area contributed by atoms with E-state index in [2.05, 4.69) is 9.46 Å². The molecule has 2 rings (SSSR count). The van der Waals surface area contributed by atoms with Crippen LogP contribution in [0.25, 0.3) is 0 Å². The third-order valence-corrected chi connectivity index (χ3v) is 4.96. The molecule has 1 fully saturated rings. The van der Waals surface area contributed by atoms with Gasteiger partial charge in [-0.3, -0.25) is 9.48 Å². The summed E-state index contributed by atoms with van der Waals surface area (Å²) < 4.78 is 28.0. The predicted molar refractivity (Wildman–Crippen MR) is 69.1 cm³/mol. The standard InChI is InChI=1S/C11H17N3O4S/c1-14-8-9(7-12-14)10(17-2)11(15)13-19(16)5-3-18-4-6-19/h7-8,10H,3-6H2,1-2H3. The molecule has 0 radical (unpaired) electrons. The minimum atomic E-state index is -2.50. The van der Waals surface area contributed by atoms with Crippen molar-refractivity contribution in [3.05, 3.63) is 18.0 Å². The quantitative estimate of drug-likeness (QED) is 0.789. The van der Waals surface area contributed by atoms with Gasteiger partial charge in [0.15, 0.2) is 6.10 Å². The molecular weight excluding hydrogens is 270 g/mol. The first kappa shape index (κ1) is 14.2. The maximum absolute atomic E-state index is 12.3. The van der Waals surface area contributed by atoms with Crippen molar-refractivity contribution in [2.45, 2.75) is 6.10 Å². The Balaban J connectivity index is 2.22. The van der Waals surface area contributed by atoms with E-state index < -0.39 is 21.7 Å². The van der Waals surface area contributed by atoms with Gasteiger partial charge in [-0.2, -0.15) is 9.46 Å². The van der Waals surface area contributed by atoms with E-state index in [-0.39, 0.29) is 0 Å². The van der Waals surface area contributed by atoms with Gasteiger partial charge in [0.05, 0.1) is 40.6 Å². The van der Waals surface area contributed by atoms with Crippen molar-refractivity contribution in [3.63, 3.8) is 0 Å². The van der Waals surface area contributed by atoms with Crippen molar-refractivity contribution in [2.24, 2.45) is 11.4 Å². The van der Waals surface area contributed by atoms with Crippen LogP contribution in [0.4, 0.5) is 0 Å². The van der Waals surface area contributed by atoms with E-state index in [0.29, 0.717) is 30.3 Å². The second-order valence-corrected chi connectivity index (χ2v) is 6.83. The summed E-state index contributed by atoms with van der Waals surface area (Å²) in [7, 11) is 0.663. The zero-order valence-electron chi connectivity index (χ0n) is 10.9. The molecule has 1 aromatic rings. The van der Waals surface area contributed by atoms with Crippen LogP contribution >= 0.6 is 0 Å². The van der Waals surface area contributed by atoms with Crippen molar-refractivity contribution in [3.8, 4) is 0 Å². The van der Waals surface area contributed by atoms with Crippen molar-refractivity contribution >= 4 is 15.6 Å². The topological polar surface area (TPSA) is 82.8 Å². The van der Waals surface area contributed by atoms with Crippen LogP contribution in [-0.2, 0) is 31.0 Å². The Hall–Kier alpha value is -1.25. The first-order chi connectivity index (χ1) is 9.04.